The smallest absolute Gasteiger partial charge is 0.135 e. The van der Waals surface area contributed by atoms with Gasteiger partial charge in [-0.2, -0.15) is 0 Å². The first kappa shape index (κ1) is 41.8. The topological polar surface area (TPSA) is 221 Å². The van der Waals surface area contributed by atoms with Crippen LogP contribution in [0.5, 0.6) is 69.0 Å². The molecule has 0 bridgehead atoms. The van der Waals surface area contributed by atoms with Gasteiger partial charge in [0.25, 0.3) is 0 Å². The van der Waals surface area contributed by atoms with E-state index in [0.29, 0.717) is 78.3 Å². The van der Waals surface area contributed by atoms with E-state index in [1.807, 2.05) is 0 Å². The molecule has 11 rings (SSSR count). The summed E-state index contributed by atoms with van der Waals surface area (Å²) in [6, 6.07) is 38.0. The van der Waals surface area contributed by atoms with Crippen LogP contribution in [0.1, 0.15) is 103 Å². The Morgan fingerprint density at radius 1 is 0.309 bits per heavy atom. The first-order valence-electron chi connectivity index (χ1n) is 21.8. The summed E-state index contributed by atoms with van der Waals surface area (Å²) in [4.78, 5) is 0. The van der Waals surface area contributed by atoms with E-state index in [4.69, 9.17) is 9.47 Å². The van der Waals surface area contributed by atoms with Crippen LogP contribution < -0.4 is 9.47 Å². The predicted molar refractivity (Wildman–Crippen MR) is 251 cm³/mol. The lowest BCUT2D eigenvalue weighted by Gasteiger charge is -2.31. The average Bonchev–Trinajstić information content (AvgIpc) is 3.84. The van der Waals surface area contributed by atoms with E-state index >= 15 is 0 Å². The molecule has 6 atom stereocenters. The van der Waals surface area contributed by atoms with Gasteiger partial charge in [0.15, 0.2) is 0 Å². The maximum atomic E-state index is 12.1. The zero-order valence-electron chi connectivity index (χ0n) is 35.8. The minimum Gasteiger partial charge on any atom is -0.508 e. The van der Waals surface area contributed by atoms with Crippen LogP contribution in [-0.4, -0.2) is 51.1 Å². The highest BCUT2D eigenvalue weighted by atomic mass is 16.5. The Labute approximate surface area is 388 Å². The van der Waals surface area contributed by atoms with E-state index in [1.54, 1.807) is 97.1 Å². The predicted octanol–water partition coefficient (Wildman–Crippen LogP) is 10.7. The van der Waals surface area contributed by atoms with Crippen LogP contribution in [0.3, 0.4) is 0 Å². The van der Waals surface area contributed by atoms with Crippen molar-refractivity contribution in [1.29, 1.82) is 0 Å². The van der Waals surface area contributed by atoms with Crippen molar-refractivity contribution in [2.75, 3.05) is 0 Å². The van der Waals surface area contributed by atoms with Crippen molar-refractivity contribution in [3.63, 3.8) is 0 Å². The van der Waals surface area contributed by atoms with Gasteiger partial charge in [-0.25, -0.2) is 0 Å². The summed E-state index contributed by atoms with van der Waals surface area (Å²) < 4.78 is 13.2. The largest absolute Gasteiger partial charge is 0.508 e. The fraction of sp³-hybridized carbons (Fsp3) is 0.107. The van der Waals surface area contributed by atoms with Gasteiger partial charge in [0.05, 0.1) is 11.8 Å². The molecule has 0 amide bonds. The van der Waals surface area contributed by atoms with Crippen molar-refractivity contribution in [3.8, 4) is 69.0 Å². The van der Waals surface area contributed by atoms with Gasteiger partial charge >= 0.3 is 0 Å². The van der Waals surface area contributed by atoms with Gasteiger partial charge < -0.3 is 60.5 Å². The third-order valence-corrected chi connectivity index (χ3v) is 13.4. The minimum absolute atomic E-state index is 0.00509. The molecule has 10 N–H and O–H groups in total. The molecule has 0 saturated heterocycles. The Bertz CT molecular complexity index is 3310. The summed E-state index contributed by atoms with van der Waals surface area (Å²) in [5, 5.41) is 110. The highest BCUT2D eigenvalue weighted by Crippen LogP contribution is 2.63. The number of fused-ring (bicyclic) bond motifs is 3. The number of hydrogen-bond donors (Lipinski definition) is 10. The van der Waals surface area contributed by atoms with Gasteiger partial charge in [0, 0.05) is 58.4 Å². The Morgan fingerprint density at radius 3 is 1.41 bits per heavy atom. The van der Waals surface area contributed by atoms with Crippen molar-refractivity contribution in [3.05, 3.63) is 212 Å². The molecular weight excluding hydrogens is 865 g/mol. The molecule has 8 aromatic rings. The van der Waals surface area contributed by atoms with E-state index in [1.165, 1.54) is 60.7 Å². The van der Waals surface area contributed by atoms with Crippen LogP contribution in [-0.2, 0) is 0 Å². The zero-order valence-corrected chi connectivity index (χ0v) is 35.8. The number of phenolic OH excluding ortho intramolecular Hbond substituents is 10. The maximum absolute atomic E-state index is 12.1. The Kier molecular flexibility index (Phi) is 9.78. The number of ether oxygens (including phenoxy) is 2. The van der Waals surface area contributed by atoms with Gasteiger partial charge in [-0.3, -0.25) is 0 Å². The molecule has 8 aromatic carbocycles. The lowest BCUT2D eigenvalue weighted by molar-refractivity contribution is 0.221. The standard InChI is InChI=1S/C56H42O12/c57-33-10-4-28(5-11-33)49-51(42-23-40(64)26-47-53(42)54(43-22-39(63)24-45(66)52(43)49)56(68-47)30-8-14-35(59)15-9-30)41-17-27(2-16-44(41)65)1-3-31-18-38(62)25-46-48(31)50(32-19-36(60)21-37(61)20-32)55(67-46)29-6-12-34(58)13-7-29/h1-26,49-51,54-66H/t49-,50+,51+,54+,55-,56-/m1/s1. The van der Waals surface area contributed by atoms with Crippen LogP contribution in [0, 0.1) is 0 Å². The van der Waals surface area contributed by atoms with Crippen LogP contribution in [0.15, 0.2) is 146 Å². The highest BCUT2D eigenvalue weighted by molar-refractivity contribution is 5.77. The molecule has 2 heterocycles. The lowest BCUT2D eigenvalue weighted by Crippen LogP contribution is -2.16. The first-order valence-corrected chi connectivity index (χ1v) is 21.8. The number of rotatable bonds is 7. The summed E-state index contributed by atoms with van der Waals surface area (Å²) in [7, 11) is 0. The van der Waals surface area contributed by atoms with Gasteiger partial charge in [0.2, 0.25) is 0 Å². The van der Waals surface area contributed by atoms with Gasteiger partial charge in [-0.15, -0.1) is 0 Å². The molecule has 1 aliphatic carbocycles. The molecule has 0 radical (unpaired) electrons. The van der Waals surface area contributed by atoms with E-state index in [9.17, 15) is 51.1 Å². The summed E-state index contributed by atoms with van der Waals surface area (Å²) in [5.41, 5.74) is 6.91. The molecule has 3 aliphatic rings. The molecule has 12 nitrogen and oxygen atoms in total. The molecule has 12 heteroatoms. The molecular formula is C56H42O12. The fourth-order valence-corrected chi connectivity index (χ4v) is 10.6. The van der Waals surface area contributed by atoms with E-state index in [-0.39, 0.29) is 57.5 Å². The Hall–Kier alpha value is -8.90. The fourth-order valence-electron chi connectivity index (χ4n) is 10.6. The molecule has 0 aromatic heterocycles. The van der Waals surface area contributed by atoms with Gasteiger partial charge in [-0.05, 0) is 123 Å². The minimum atomic E-state index is -0.859. The zero-order chi connectivity index (χ0) is 47.1. The molecule has 338 valence electrons. The van der Waals surface area contributed by atoms with Gasteiger partial charge in [0.1, 0.15) is 81.2 Å². The van der Waals surface area contributed by atoms with Crippen LogP contribution in [0.4, 0.5) is 0 Å². The third-order valence-electron chi connectivity index (χ3n) is 13.4. The monoisotopic (exact) mass is 906 g/mol. The molecule has 0 unspecified atom stereocenters. The molecule has 2 aliphatic heterocycles. The summed E-state index contributed by atoms with van der Waals surface area (Å²) in [5.74, 6) is -3.17. The Morgan fingerprint density at radius 2 is 0.809 bits per heavy atom. The maximum Gasteiger partial charge on any atom is 0.135 e. The second kappa shape index (κ2) is 15.9. The number of phenols is 10. The Balaban J connectivity index is 1.10. The summed E-state index contributed by atoms with van der Waals surface area (Å²) in [6.07, 6.45) is 2.15. The van der Waals surface area contributed by atoms with Crippen molar-refractivity contribution < 1.29 is 60.5 Å². The number of hydrogen-bond acceptors (Lipinski definition) is 12. The molecule has 0 fully saturated rings. The van der Waals surface area contributed by atoms with E-state index in [0.717, 1.165) is 0 Å². The molecule has 0 saturated carbocycles. The second-order valence-corrected chi connectivity index (χ2v) is 17.6. The van der Waals surface area contributed by atoms with Crippen molar-refractivity contribution >= 4 is 12.2 Å². The van der Waals surface area contributed by atoms with Gasteiger partial charge in [-0.1, -0.05) is 54.6 Å². The SMILES string of the molecule is Oc1ccc([C@H]2c3c(O)cc(O)cc3[C@H]3c4c(cc(O)cc4[C@@H]2c2cc(C=Cc4cc(O)cc5c4[C@H](c4cc(O)cc(O)c4)[C@@H](c4ccc(O)cc4)O5)ccc2O)O[C@@H]3c2ccc(O)cc2)cc1. The average molecular weight is 907 g/mol. The van der Waals surface area contributed by atoms with Crippen molar-refractivity contribution in [2.45, 2.75) is 35.9 Å². The van der Waals surface area contributed by atoms with E-state index in [2.05, 4.69) is 0 Å². The molecule has 68 heavy (non-hydrogen) atoms. The van der Waals surface area contributed by atoms with Crippen LogP contribution >= 0.6 is 0 Å². The van der Waals surface area contributed by atoms with E-state index < -0.39 is 35.9 Å². The number of aromatic hydroxyl groups is 10. The normalized spacial score (nSPS) is 19.9. The quantitative estimate of drug-likeness (QED) is 0.0675. The third kappa shape index (κ3) is 7.10. The van der Waals surface area contributed by atoms with Crippen LogP contribution in [0.2, 0.25) is 0 Å². The van der Waals surface area contributed by atoms with Crippen LogP contribution in [0.25, 0.3) is 12.2 Å². The highest BCUT2D eigenvalue weighted by Gasteiger charge is 2.48. The number of benzene rings is 8. The first-order chi connectivity index (χ1) is 32.8. The second-order valence-electron chi connectivity index (χ2n) is 17.6. The van der Waals surface area contributed by atoms with Crippen molar-refractivity contribution in [2.24, 2.45) is 0 Å². The lowest BCUT2D eigenvalue weighted by atomic mass is 9.72. The van der Waals surface area contributed by atoms with Crippen molar-refractivity contribution in [1.82, 2.24) is 0 Å². The summed E-state index contributed by atoms with van der Waals surface area (Å²) >= 11 is 0. The molecule has 0 spiro atoms. The summed E-state index contributed by atoms with van der Waals surface area (Å²) in [6.45, 7) is 0.